The molecule has 1 saturated heterocycles. The molecule has 0 radical (unpaired) electrons. The Kier molecular flexibility index (Phi) is 7.33. The third kappa shape index (κ3) is 5.38. The van der Waals surface area contributed by atoms with Crippen LogP contribution in [0.2, 0.25) is 0 Å². The molecule has 1 aliphatic heterocycles. The van der Waals surface area contributed by atoms with Crippen LogP contribution in [0.5, 0.6) is 11.6 Å². The first-order valence-corrected chi connectivity index (χ1v) is 11.9. The van der Waals surface area contributed by atoms with Crippen molar-refractivity contribution in [1.82, 2.24) is 15.2 Å². The topological polar surface area (TPSA) is 63.7 Å². The van der Waals surface area contributed by atoms with Gasteiger partial charge in [-0.25, -0.2) is 4.98 Å². The number of carbonyl (C=O) groups is 1. The summed E-state index contributed by atoms with van der Waals surface area (Å²) in [6.45, 7) is 7.54. The van der Waals surface area contributed by atoms with Gasteiger partial charge in [0, 0.05) is 38.4 Å². The number of hydrogen-bond donors (Lipinski definition) is 1. The standard InChI is InChI=1S/C27H35N3O3/c1-5-6-23-11-19(12-26(29-23)32-4)17-33-24-9-10-25-18(2)21(8-7-20(25)13-24)14-30-15-22(16-30)27(31)28-3/h9-13,22H,5-8,14-17H2,1-4H3,(H,28,31). The minimum atomic E-state index is 0.143. The van der Waals surface area contributed by atoms with Crippen LogP contribution in [0.25, 0.3) is 5.57 Å². The predicted molar refractivity (Wildman–Crippen MR) is 130 cm³/mol. The Balaban J connectivity index is 1.40. The van der Waals surface area contributed by atoms with Gasteiger partial charge in [-0.1, -0.05) is 25.0 Å². The molecular weight excluding hydrogens is 414 g/mol. The van der Waals surface area contributed by atoms with Gasteiger partial charge in [-0.05, 0) is 66.6 Å². The molecule has 1 aromatic carbocycles. The molecule has 2 heterocycles. The fraction of sp³-hybridized carbons (Fsp3) is 0.481. The van der Waals surface area contributed by atoms with Crippen molar-refractivity contribution in [2.45, 2.75) is 46.1 Å². The van der Waals surface area contributed by atoms with E-state index in [1.807, 2.05) is 6.07 Å². The van der Waals surface area contributed by atoms with Crippen LogP contribution in [0.3, 0.4) is 0 Å². The minimum absolute atomic E-state index is 0.143. The highest BCUT2D eigenvalue weighted by atomic mass is 16.5. The van der Waals surface area contributed by atoms with E-state index >= 15 is 0 Å². The number of aryl methyl sites for hydroxylation is 2. The lowest BCUT2D eigenvalue weighted by Gasteiger charge is -2.39. The molecule has 6 heteroatoms. The van der Waals surface area contributed by atoms with Crippen molar-refractivity contribution in [2.75, 3.05) is 33.8 Å². The highest BCUT2D eigenvalue weighted by molar-refractivity contribution is 5.79. The van der Waals surface area contributed by atoms with Crippen molar-refractivity contribution in [3.8, 4) is 11.6 Å². The largest absolute Gasteiger partial charge is 0.489 e. The first-order chi connectivity index (χ1) is 16.0. The molecular formula is C27H35N3O3. The summed E-state index contributed by atoms with van der Waals surface area (Å²) in [7, 11) is 3.36. The molecule has 1 aliphatic carbocycles. The van der Waals surface area contributed by atoms with Crippen molar-refractivity contribution in [1.29, 1.82) is 0 Å². The van der Waals surface area contributed by atoms with Gasteiger partial charge in [0.25, 0.3) is 0 Å². The first kappa shape index (κ1) is 23.3. The number of rotatable bonds is 9. The van der Waals surface area contributed by atoms with Gasteiger partial charge in [0.15, 0.2) is 0 Å². The Morgan fingerprint density at radius 1 is 1.21 bits per heavy atom. The molecule has 2 aliphatic rings. The third-order valence-electron chi connectivity index (χ3n) is 6.73. The van der Waals surface area contributed by atoms with Crippen molar-refractivity contribution in [3.05, 3.63) is 58.3 Å². The van der Waals surface area contributed by atoms with Crippen LogP contribution in [-0.2, 0) is 24.2 Å². The Bertz CT molecular complexity index is 1040. The number of likely N-dealkylation sites (tertiary alicyclic amines) is 1. The number of ether oxygens (including phenoxy) is 2. The number of aromatic nitrogens is 1. The van der Waals surface area contributed by atoms with Crippen LogP contribution >= 0.6 is 0 Å². The SMILES string of the molecule is CCCc1cc(COc2ccc3c(c2)CCC(CN2CC(C(=O)NC)C2)=C3C)cc(OC)n1. The number of nitrogens with one attached hydrogen (secondary N) is 1. The van der Waals surface area contributed by atoms with E-state index in [-0.39, 0.29) is 11.8 Å². The molecule has 176 valence electrons. The number of nitrogens with zero attached hydrogens (tertiary/aromatic N) is 2. The predicted octanol–water partition coefficient (Wildman–Crippen LogP) is 4.02. The second-order valence-electron chi connectivity index (χ2n) is 9.10. The van der Waals surface area contributed by atoms with E-state index < -0.39 is 0 Å². The van der Waals surface area contributed by atoms with Gasteiger partial charge < -0.3 is 14.8 Å². The van der Waals surface area contributed by atoms with E-state index in [0.717, 1.165) is 62.3 Å². The summed E-state index contributed by atoms with van der Waals surface area (Å²) in [4.78, 5) is 18.6. The zero-order chi connectivity index (χ0) is 23.4. The van der Waals surface area contributed by atoms with E-state index in [9.17, 15) is 4.79 Å². The van der Waals surface area contributed by atoms with Crippen LogP contribution in [0.1, 0.15) is 49.1 Å². The molecule has 33 heavy (non-hydrogen) atoms. The van der Waals surface area contributed by atoms with E-state index in [4.69, 9.17) is 9.47 Å². The highest BCUT2D eigenvalue weighted by Crippen LogP contribution is 2.34. The zero-order valence-electron chi connectivity index (χ0n) is 20.2. The molecule has 1 aromatic heterocycles. The molecule has 2 aromatic rings. The maximum Gasteiger partial charge on any atom is 0.225 e. The summed E-state index contributed by atoms with van der Waals surface area (Å²) in [5, 5.41) is 2.75. The number of pyridine rings is 1. The molecule has 1 amide bonds. The Morgan fingerprint density at radius 2 is 2.03 bits per heavy atom. The van der Waals surface area contributed by atoms with E-state index in [1.54, 1.807) is 14.2 Å². The van der Waals surface area contributed by atoms with Gasteiger partial charge in [0.1, 0.15) is 12.4 Å². The molecule has 1 fully saturated rings. The van der Waals surface area contributed by atoms with Crippen molar-refractivity contribution in [3.63, 3.8) is 0 Å². The number of benzene rings is 1. The van der Waals surface area contributed by atoms with Crippen molar-refractivity contribution < 1.29 is 14.3 Å². The maximum absolute atomic E-state index is 11.7. The Morgan fingerprint density at radius 3 is 2.76 bits per heavy atom. The minimum Gasteiger partial charge on any atom is -0.489 e. The number of allylic oxidation sites excluding steroid dienone is 1. The van der Waals surface area contributed by atoms with E-state index in [0.29, 0.717) is 12.5 Å². The van der Waals surface area contributed by atoms with E-state index in [2.05, 4.69) is 53.3 Å². The van der Waals surface area contributed by atoms with Gasteiger partial charge in [-0.3, -0.25) is 9.69 Å². The third-order valence-corrected chi connectivity index (χ3v) is 6.73. The molecule has 1 N–H and O–H groups in total. The second-order valence-corrected chi connectivity index (χ2v) is 9.10. The average molecular weight is 450 g/mol. The first-order valence-electron chi connectivity index (χ1n) is 11.9. The van der Waals surface area contributed by atoms with Gasteiger partial charge in [-0.2, -0.15) is 0 Å². The van der Waals surface area contributed by atoms with Crippen LogP contribution in [0.15, 0.2) is 35.9 Å². The lowest BCUT2D eigenvalue weighted by molar-refractivity contribution is -0.129. The highest BCUT2D eigenvalue weighted by Gasteiger charge is 2.32. The van der Waals surface area contributed by atoms with E-state index in [1.165, 1.54) is 22.3 Å². The van der Waals surface area contributed by atoms with Gasteiger partial charge in [0.05, 0.1) is 13.0 Å². The normalized spacial score (nSPS) is 16.2. The second kappa shape index (κ2) is 10.4. The summed E-state index contributed by atoms with van der Waals surface area (Å²) in [6, 6.07) is 10.5. The number of amides is 1. The number of fused-ring (bicyclic) bond motifs is 1. The molecule has 4 rings (SSSR count). The smallest absolute Gasteiger partial charge is 0.225 e. The van der Waals surface area contributed by atoms with Crippen LogP contribution in [0.4, 0.5) is 0 Å². The number of carbonyl (C=O) groups excluding carboxylic acids is 1. The van der Waals surface area contributed by atoms with Crippen molar-refractivity contribution in [2.24, 2.45) is 5.92 Å². The summed E-state index contributed by atoms with van der Waals surface area (Å²) in [6.07, 6.45) is 4.06. The fourth-order valence-corrected chi connectivity index (χ4v) is 4.79. The van der Waals surface area contributed by atoms with Crippen LogP contribution in [0, 0.1) is 5.92 Å². The number of methoxy groups -OCH3 is 1. The summed E-state index contributed by atoms with van der Waals surface area (Å²) < 4.78 is 11.5. The maximum atomic E-state index is 11.7. The summed E-state index contributed by atoms with van der Waals surface area (Å²) in [5.41, 5.74) is 7.64. The van der Waals surface area contributed by atoms with Gasteiger partial charge in [0.2, 0.25) is 11.8 Å². The van der Waals surface area contributed by atoms with Gasteiger partial charge in [-0.15, -0.1) is 0 Å². The average Bonchev–Trinajstić information content (AvgIpc) is 2.80. The number of hydrogen-bond acceptors (Lipinski definition) is 5. The molecule has 0 unspecified atom stereocenters. The lowest BCUT2D eigenvalue weighted by Crippen LogP contribution is -2.53. The molecule has 6 nitrogen and oxygen atoms in total. The quantitative estimate of drug-likeness (QED) is 0.627. The lowest BCUT2D eigenvalue weighted by atomic mass is 9.85. The molecule has 0 spiro atoms. The molecule has 0 bridgehead atoms. The monoisotopic (exact) mass is 449 g/mol. The van der Waals surface area contributed by atoms with Crippen molar-refractivity contribution >= 4 is 11.5 Å². The fourth-order valence-electron chi connectivity index (χ4n) is 4.79. The summed E-state index contributed by atoms with van der Waals surface area (Å²) in [5.74, 6) is 1.84. The Labute approximate surface area is 197 Å². The molecule has 0 atom stereocenters. The molecule has 0 saturated carbocycles. The van der Waals surface area contributed by atoms with Crippen LogP contribution in [-0.4, -0.2) is 49.6 Å². The zero-order valence-corrected chi connectivity index (χ0v) is 20.2. The van der Waals surface area contributed by atoms with Gasteiger partial charge >= 0.3 is 0 Å². The van der Waals surface area contributed by atoms with Crippen LogP contribution < -0.4 is 14.8 Å². The Hall–Kier alpha value is -2.86. The summed E-state index contributed by atoms with van der Waals surface area (Å²) >= 11 is 0.